The quantitative estimate of drug-likeness (QED) is 0.224. The fraction of sp³-hybridized carbons (Fsp3) is 0.185. The molecule has 4 aromatic rings. The number of alkyl halides is 3. The number of halogens is 5. The number of hydrogen-bond acceptors (Lipinski definition) is 5. The van der Waals surface area contributed by atoms with Crippen LogP contribution in [0.2, 0.25) is 5.02 Å². The molecule has 37 heavy (non-hydrogen) atoms. The number of ether oxygens (including phenoxy) is 3. The second-order valence-electron chi connectivity index (χ2n) is 8.09. The SMILES string of the molecule is COc1cc2nccc(Oc3ccc(CC(=O)Cc4ccc(Cl)c(C(F)(F)F)c4)c(F)c3)c2cc1OC. The third-order valence-corrected chi connectivity index (χ3v) is 5.91. The molecule has 0 atom stereocenters. The number of hydrogen-bond donors (Lipinski definition) is 0. The van der Waals surface area contributed by atoms with Crippen molar-refractivity contribution < 1.29 is 36.6 Å². The van der Waals surface area contributed by atoms with Gasteiger partial charge in [0, 0.05) is 36.6 Å². The third kappa shape index (κ3) is 5.94. The Hall–Kier alpha value is -3.85. The summed E-state index contributed by atoms with van der Waals surface area (Å²) in [6, 6.07) is 12.3. The van der Waals surface area contributed by atoms with E-state index in [0.717, 1.165) is 18.2 Å². The number of aromatic nitrogens is 1. The summed E-state index contributed by atoms with van der Waals surface area (Å²) in [6.07, 6.45) is -3.71. The van der Waals surface area contributed by atoms with E-state index in [1.807, 2.05) is 0 Å². The smallest absolute Gasteiger partial charge is 0.417 e. The van der Waals surface area contributed by atoms with Crippen molar-refractivity contribution in [2.24, 2.45) is 0 Å². The summed E-state index contributed by atoms with van der Waals surface area (Å²) in [5.41, 5.74) is -0.215. The molecule has 1 heterocycles. The lowest BCUT2D eigenvalue weighted by atomic mass is 10.0. The van der Waals surface area contributed by atoms with Gasteiger partial charge in [-0.05, 0) is 41.5 Å². The number of nitrogens with zero attached hydrogens (tertiary/aromatic N) is 1. The maximum absolute atomic E-state index is 14.8. The first-order valence-corrected chi connectivity index (χ1v) is 11.3. The molecule has 0 saturated carbocycles. The van der Waals surface area contributed by atoms with Gasteiger partial charge in [-0.1, -0.05) is 23.7 Å². The highest BCUT2D eigenvalue weighted by Gasteiger charge is 2.33. The molecule has 0 radical (unpaired) electrons. The molecule has 1 aromatic heterocycles. The van der Waals surface area contributed by atoms with Crippen molar-refractivity contribution in [3.05, 3.63) is 88.3 Å². The van der Waals surface area contributed by atoms with Gasteiger partial charge in [-0.15, -0.1) is 0 Å². The summed E-state index contributed by atoms with van der Waals surface area (Å²) in [5.74, 6) is 0.407. The Balaban J connectivity index is 1.50. The first-order chi connectivity index (χ1) is 17.6. The number of carbonyl (C=O) groups is 1. The average Bonchev–Trinajstić information content (AvgIpc) is 2.85. The van der Waals surface area contributed by atoms with E-state index >= 15 is 0 Å². The van der Waals surface area contributed by atoms with Gasteiger partial charge in [-0.3, -0.25) is 9.78 Å². The lowest BCUT2D eigenvalue weighted by Gasteiger charge is -2.13. The highest BCUT2D eigenvalue weighted by atomic mass is 35.5. The number of carbonyl (C=O) groups excluding carboxylic acids is 1. The number of methoxy groups -OCH3 is 2. The van der Waals surface area contributed by atoms with Gasteiger partial charge in [0.05, 0.1) is 30.3 Å². The van der Waals surface area contributed by atoms with Crippen LogP contribution in [0, 0.1) is 5.82 Å². The number of benzene rings is 3. The van der Waals surface area contributed by atoms with E-state index in [9.17, 15) is 22.4 Å². The van der Waals surface area contributed by atoms with Gasteiger partial charge in [0.15, 0.2) is 11.5 Å². The van der Waals surface area contributed by atoms with Crippen molar-refractivity contribution in [2.45, 2.75) is 19.0 Å². The molecular weight excluding hydrogens is 514 g/mol. The number of Topliss-reactive ketones (excluding diaryl/α,β-unsaturated/α-hetero) is 1. The molecule has 0 spiro atoms. The van der Waals surface area contributed by atoms with E-state index < -0.39 is 28.4 Å². The summed E-state index contributed by atoms with van der Waals surface area (Å²) in [7, 11) is 3.01. The lowest BCUT2D eigenvalue weighted by molar-refractivity contribution is -0.137. The van der Waals surface area contributed by atoms with Crippen molar-refractivity contribution in [1.29, 1.82) is 0 Å². The largest absolute Gasteiger partial charge is 0.493 e. The van der Waals surface area contributed by atoms with E-state index in [4.69, 9.17) is 25.8 Å². The van der Waals surface area contributed by atoms with Gasteiger partial charge in [-0.25, -0.2) is 4.39 Å². The van der Waals surface area contributed by atoms with Crippen LogP contribution in [0.3, 0.4) is 0 Å². The molecule has 0 aliphatic rings. The predicted molar refractivity (Wildman–Crippen MR) is 130 cm³/mol. The number of ketones is 1. The Bertz CT molecular complexity index is 1470. The zero-order valence-corrected chi connectivity index (χ0v) is 20.4. The van der Waals surface area contributed by atoms with Crippen LogP contribution in [0.1, 0.15) is 16.7 Å². The van der Waals surface area contributed by atoms with Crippen molar-refractivity contribution in [2.75, 3.05) is 14.2 Å². The summed E-state index contributed by atoms with van der Waals surface area (Å²) in [6.45, 7) is 0. The molecule has 0 aliphatic heterocycles. The van der Waals surface area contributed by atoms with Crippen molar-refractivity contribution in [3.8, 4) is 23.0 Å². The lowest BCUT2D eigenvalue weighted by Crippen LogP contribution is -2.10. The maximum Gasteiger partial charge on any atom is 0.417 e. The Kier molecular flexibility index (Phi) is 7.54. The van der Waals surface area contributed by atoms with Crippen LogP contribution >= 0.6 is 11.6 Å². The van der Waals surface area contributed by atoms with E-state index in [1.165, 1.54) is 38.6 Å². The minimum absolute atomic E-state index is 0.0911. The highest BCUT2D eigenvalue weighted by Crippen LogP contribution is 2.37. The second kappa shape index (κ2) is 10.6. The standard InChI is InChI=1S/C27H20ClF4NO4/c1-35-25-13-19-23(14-26(25)36-2)33-8-7-24(19)37-18-5-4-16(22(29)12-18)11-17(34)9-15-3-6-21(28)20(10-15)27(30,31)32/h3-8,10,12-14H,9,11H2,1-2H3. The first-order valence-electron chi connectivity index (χ1n) is 10.9. The van der Waals surface area contributed by atoms with Gasteiger partial charge < -0.3 is 14.2 Å². The van der Waals surface area contributed by atoms with Crippen LogP contribution < -0.4 is 14.2 Å². The fourth-order valence-corrected chi connectivity index (χ4v) is 4.03. The average molecular weight is 534 g/mol. The molecule has 0 fully saturated rings. The molecular formula is C27H20ClF4NO4. The normalized spacial score (nSPS) is 11.4. The summed E-state index contributed by atoms with van der Waals surface area (Å²) in [4.78, 5) is 16.8. The van der Waals surface area contributed by atoms with Crippen molar-refractivity contribution >= 4 is 28.3 Å². The molecule has 0 saturated heterocycles. The zero-order chi connectivity index (χ0) is 26.7. The van der Waals surface area contributed by atoms with E-state index in [2.05, 4.69) is 4.98 Å². The van der Waals surface area contributed by atoms with E-state index in [1.54, 1.807) is 18.2 Å². The van der Waals surface area contributed by atoms with Crippen LogP contribution in [0.5, 0.6) is 23.0 Å². The summed E-state index contributed by atoms with van der Waals surface area (Å²) in [5, 5.41) is 0.158. The predicted octanol–water partition coefficient (Wildman–Crippen LogP) is 7.21. The Morgan fingerprint density at radius 3 is 2.32 bits per heavy atom. The monoisotopic (exact) mass is 533 g/mol. The Morgan fingerprint density at radius 1 is 0.919 bits per heavy atom. The molecule has 0 unspecified atom stereocenters. The van der Waals surface area contributed by atoms with Crippen LogP contribution in [-0.4, -0.2) is 25.0 Å². The Morgan fingerprint density at radius 2 is 1.65 bits per heavy atom. The molecule has 0 amide bonds. The minimum atomic E-state index is -4.64. The fourth-order valence-electron chi connectivity index (χ4n) is 3.80. The molecule has 5 nitrogen and oxygen atoms in total. The molecule has 4 rings (SSSR count). The maximum atomic E-state index is 14.8. The Labute approximate surface area is 214 Å². The summed E-state index contributed by atoms with van der Waals surface area (Å²) < 4.78 is 70.5. The van der Waals surface area contributed by atoms with Crippen LogP contribution in [0.4, 0.5) is 17.6 Å². The molecule has 0 bridgehead atoms. The van der Waals surface area contributed by atoms with E-state index in [0.29, 0.717) is 28.2 Å². The topological polar surface area (TPSA) is 57.7 Å². The van der Waals surface area contributed by atoms with Crippen molar-refractivity contribution in [3.63, 3.8) is 0 Å². The molecule has 10 heteroatoms. The molecule has 192 valence electrons. The minimum Gasteiger partial charge on any atom is -0.493 e. The van der Waals surface area contributed by atoms with E-state index in [-0.39, 0.29) is 29.7 Å². The van der Waals surface area contributed by atoms with Crippen molar-refractivity contribution in [1.82, 2.24) is 4.98 Å². The molecule has 0 N–H and O–H groups in total. The molecule has 3 aromatic carbocycles. The number of fused-ring (bicyclic) bond motifs is 1. The van der Waals surface area contributed by atoms with Crippen LogP contribution in [0.15, 0.2) is 60.8 Å². The first kappa shape index (κ1) is 26.2. The van der Waals surface area contributed by atoms with Crippen LogP contribution in [-0.2, 0) is 23.8 Å². The number of pyridine rings is 1. The number of rotatable bonds is 8. The second-order valence-corrected chi connectivity index (χ2v) is 8.50. The molecule has 0 aliphatic carbocycles. The van der Waals surface area contributed by atoms with Gasteiger partial charge in [-0.2, -0.15) is 13.2 Å². The summed E-state index contributed by atoms with van der Waals surface area (Å²) >= 11 is 5.62. The van der Waals surface area contributed by atoms with Gasteiger partial charge >= 0.3 is 6.18 Å². The van der Waals surface area contributed by atoms with Gasteiger partial charge in [0.1, 0.15) is 23.1 Å². The van der Waals surface area contributed by atoms with Gasteiger partial charge in [0.25, 0.3) is 0 Å². The van der Waals surface area contributed by atoms with Crippen LogP contribution in [0.25, 0.3) is 10.9 Å². The van der Waals surface area contributed by atoms with Gasteiger partial charge in [0.2, 0.25) is 0 Å². The zero-order valence-electron chi connectivity index (χ0n) is 19.7. The third-order valence-electron chi connectivity index (χ3n) is 5.58. The highest BCUT2D eigenvalue weighted by molar-refractivity contribution is 6.31.